The second-order valence-electron chi connectivity index (χ2n) is 4.66. The Hall–Kier alpha value is -1.54. The Kier molecular flexibility index (Phi) is 6.23. The van der Waals surface area contributed by atoms with Crippen LogP contribution in [0.3, 0.4) is 0 Å². The summed E-state index contributed by atoms with van der Waals surface area (Å²) < 4.78 is 5.63. The zero-order valence-electron chi connectivity index (χ0n) is 11.6. The number of ether oxygens (including phenoxy) is 1. The lowest BCUT2D eigenvalue weighted by Gasteiger charge is -2.10. The lowest BCUT2D eigenvalue weighted by atomic mass is 10.1. The largest absolute Gasteiger partial charge is 0.489 e. The molecular weight excluding hydrogens is 222 g/mol. The first-order valence-corrected chi connectivity index (χ1v) is 6.36. The van der Waals surface area contributed by atoms with Crippen LogP contribution in [0.1, 0.15) is 26.3 Å². The van der Waals surface area contributed by atoms with Crippen LogP contribution in [0, 0.1) is 0 Å². The monoisotopic (exact) mass is 245 g/mol. The molecule has 0 aliphatic rings. The Bertz CT molecular complexity index is 407. The van der Waals surface area contributed by atoms with E-state index in [-0.39, 0.29) is 0 Å². The van der Waals surface area contributed by atoms with E-state index in [1.165, 1.54) is 5.57 Å². The molecule has 0 radical (unpaired) electrons. The van der Waals surface area contributed by atoms with E-state index in [4.69, 9.17) is 4.74 Å². The van der Waals surface area contributed by atoms with Gasteiger partial charge in [-0.3, -0.25) is 0 Å². The highest BCUT2D eigenvalue weighted by molar-refractivity contribution is 5.59. The molecule has 0 saturated heterocycles. The van der Waals surface area contributed by atoms with Crippen molar-refractivity contribution in [2.24, 2.45) is 0 Å². The van der Waals surface area contributed by atoms with Crippen molar-refractivity contribution in [3.8, 4) is 5.75 Å². The topological polar surface area (TPSA) is 21.3 Å². The molecule has 1 rings (SSSR count). The van der Waals surface area contributed by atoms with Gasteiger partial charge in [0.25, 0.3) is 0 Å². The molecule has 0 aliphatic carbocycles. The molecule has 0 atom stereocenters. The van der Waals surface area contributed by atoms with E-state index in [0.717, 1.165) is 17.9 Å². The number of hydrogen-bond acceptors (Lipinski definition) is 2. The molecular formula is C16H23NO. The second-order valence-corrected chi connectivity index (χ2v) is 4.66. The van der Waals surface area contributed by atoms with Gasteiger partial charge in [-0.25, -0.2) is 0 Å². The molecule has 0 unspecified atom stereocenters. The summed E-state index contributed by atoms with van der Waals surface area (Å²) >= 11 is 0. The van der Waals surface area contributed by atoms with Gasteiger partial charge in [0.1, 0.15) is 12.4 Å². The Morgan fingerprint density at radius 3 is 2.78 bits per heavy atom. The van der Waals surface area contributed by atoms with Gasteiger partial charge in [-0.15, -0.1) is 0 Å². The Balaban J connectivity index is 2.75. The first-order valence-electron chi connectivity index (χ1n) is 6.36. The highest BCUT2D eigenvalue weighted by Gasteiger charge is 2.00. The minimum absolute atomic E-state index is 0.501. The number of hydrogen-bond donors (Lipinski definition) is 1. The van der Waals surface area contributed by atoms with Crippen molar-refractivity contribution in [1.29, 1.82) is 0 Å². The molecule has 0 saturated carbocycles. The third-order valence-corrected chi connectivity index (χ3v) is 2.47. The lowest BCUT2D eigenvalue weighted by Crippen LogP contribution is -2.24. The van der Waals surface area contributed by atoms with Crippen molar-refractivity contribution in [1.82, 2.24) is 5.32 Å². The third kappa shape index (κ3) is 5.19. The summed E-state index contributed by atoms with van der Waals surface area (Å²) in [6, 6.07) is 8.56. The average Bonchev–Trinajstić information content (AvgIpc) is 2.35. The van der Waals surface area contributed by atoms with E-state index >= 15 is 0 Å². The molecule has 18 heavy (non-hydrogen) atoms. The maximum absolute atomic E-state index is 5.63. The molecule has 0 bridgehead atoms. The zero-order valence-corrected chi connectivity index (χ0v) is 11.6. The van der Waals surface area contributed by atoms with Crippen molar-refractivity contribution < 1.29 is 4.74 Å². The quantitative estimate of drug-likeness (QED) is 0.740. The smallest absolute Gasteiger partial charge is 0.126 e. The van der Waals surface area contributed by atoms with Gasteiger partial charge in [0.05, 0.1) is 0 Å². The molecule has 98 valence electrons. The standard InChI is InChI=1S/C16H23NO/c1-5-10-18-16-9-7-6-8-15(16)11-14(4)12-17-13(2)3/h5-9,11,13,17H,1,10,12H2,2-4H3. The summed E-state index contributed by atoms with van der Waals surface area (Å²) in [6.45, 7) is 11.5. The van der Waals surface area contributed by atoms with Crippen LogP contribution in [0.2, 0.25) is 0 Å². The fourth-order valence-electron chi connectivity index (χ4n) is 1.56. The summed E-state index contributed by atoms with van der Waals surface area (Å²) in [5, 5.41) is 3.40. The maximum Gasteiger partial charge on any atom is 0.126 e. The van der Waals surface area contributed by atoms with Gasteiger partial charge in [-0.05, 0) is 13.0 Å². The van der Waals surface area contributed by atoms with Crippen LogP contribution in [0.25, 0.3) is 6.08 Å². The van der Waals surface area contributed by atoms with Gasteiger partial charge in [0.15, 0.2) is 0 Å². The van der Waals surface area contributed by atoms with Gasteiger partial charge < -0.3 is 10.1 Å². The van der Waals surface area contributed by atoms with Gasteiger partial charge in [0.2, 0.25) is 0 Å². The van der Waals surface area contributed by atoms with Gasteiger partial charge in [-0.1, -0.05) is 56.4 Å². The summed E-state index contributed by atoms with van der Waals surface area (Å²) in [5.74, 6) is 0.904. The predicted octanol–water partition coefficient (Wildman–Crippen LogP) is 3.65. The van der Waals surface area contributed by atoms with E-state index in [1.807, 2.05) is 18.2 Å². The molecule has 2 nitrogen and oxygen atoms in total. The van der Waals surface area contributed by atoms with Crippen LogP contribution < -0.4 is 10.1 Å². The number of para-hydroxylation sites is 1. The number of nitrogens with one attached hydrogen (secondary N) is 1. The first-order chi connectivity index (χ1) is 8.63. The molecule has 0 heterocycles. The SMILES string of the molecule is C=CCOc1ccccc1C=C(C)CNC(C)C. The Morgan fingerprint density at radius 1 is 1.39 bits per heavy atom. The summed E-state index contributed by atoms with van der Waals surface area (Å²) in [4.78, 5) is 0. The number of benzene rings is 1. The van der Waals surface area contributed by atoms with Crippen LogP contribution in [0.15, 0.2) is 42.5 Å². The molecule has 1 N–H and O–H groups in total. The van der Waals surface area contributed by atoms with Crippen molar-refractivity contribution in [3.05, 3.63) is 48.1 Å². The summed E-state index contributed by atoms with van der Waals surface area (Å²) in [5.41, 5.74) is 2.40. The van der Waals surface area contributed by atoms with Crippen molar-refractivity contribution in [3.63, 3.8) is 0 Å². The van der Waals surface area contributed by atoms with Crippen molar-refractivity contribution >= 4 is 6.08 Å². The minimum Gasteiger partial charge on any atom is -0.489 e. The number of rotatable bonds is 7. The van der Waals surface area contributed by atoms with Crippen LogP contribution in [-0.4, -0.2) is 19.2 Å². The van der Waals surface area contributed by atoms with Crippen LogP contribution >= 0.6 is 0 Å². The van der Waals surface area contributed by atoms with E-state index in [9.17, 15) is 0 Å². The molecule has 0 aliphatic heterocycles. The molecule has 0 amide bonds. The van der Waals surface area contributed by atoms with Crippen LogP contribution in [0.5, 0.6) is 5.75 Å². The van der Waals surface area contributed by atoms with E-state index < -0.39 is 0 Å². The van der Waals surface area contributed by atoms with Gasteiger partial charge in [0, 0.05) is 18.2 Å². The van der Waals surface area contributed by atoms with Crippen LogP contribution in [-0.2, 0) is 0 Å². The second kappa shape index (κ2) is 7.72. The molecule has 0 fully saturated rings. The molecule has 1 aromatic rings. The highest BCUT2D eigenvalue weighted by atomic mass is 16.5. The molecule has 1 aromatic carbocycles. The third-order valence-electron chi connectivity index (χ3n) is 2.47. The fourth-order valence-corrected chi connectivity index (χ4v) is 1.56. The maximum atomic E-state index is 5.63. The van der Waals surface area contributed by atoms with E-state index in [1.54, 1.807) is 6.08 Å². The Morgan fingerprint density at radius 2 is 2.11 bits per heavy atom. The van der Waals surface area contributed by atoms with Crippen molar-refractivity contribution in [2.45, 2.75) is 26.8 Å². The summed E-state index contributed by atoms with van der Waals surface area (Å²) in [6.07, 6.45) is 3.92. The predicted molar refractivity (Wildman–Crippen MR) is 78.9 cm³/mol. The van der Waals surface area contributed by atoms with Crippen LogP contribution in [0.4, 0.5) is 0 Å². The average molecular weight is 245 g/mol. The minimum atomic E-state index is 0.501. The first kappa shape index (κ1) is 14.5. The van der Waals surface area contributed by atoms with Gasteiger partial charge >= 0.3 is 0 Å². The summed E-state index contributed by atoms with van der Waals surface area (Å²) in [7, 11) is 0. The van der Waals surface area contributed by atoms with E-state index in [2.05, 4.69) is 44.8 Å². The lowest BCUT2D eigenvalue weighted by molar-refractivity contribution is 0.362. The van der Waals surface area contributed by atoms with E-state index in [0.29, 0.717) is 12.6 Å². The molecule has 2 heteroatoms. The van der Waals surface area contributed by atoms with Crippen molar-refractivity contribution in [2.75, 3.05) is 13.2 Å². The molecule has 0 aromatic heterocycles. The zero-order chi connectivity index (χ0) is 13.4. The molecule has 0 spiro atoms. The Labute approximate surface area is 110 Å². The van der Waals surface area contributed by atoms with Gasteiger partial charge in [-0.2, -0.15) is 0 Å². The normalized spacial score (nSPS) is 11.7. The highest BCUT2D eigenvalue weighted by Crippen LogP contribution is 2.20. The fraction of sp³-hybridized carbons (Fsp3) is 0.375.